The van der Waals surface area contributed by atoms with E-state index in [1.807, 2.05) is 6.92 Å². The molecule has 2 atom stereocenters. The molecule has 4 rings (SSSR count). The van der Waals surface area contributed by atoms with Gasteiger partial charge in [0.2, 0.25) is 0 Å². The van der Waals surface area contributed by atoms with Crippen molar-refractivity contribution >= 4 is 23.2 Å². The number of halogens is 4. The van der Waals surface area contributed by atoms with Crippen molar-refractivity contribution in [3.05, 3.63) is 76.6 Å². The van der Waals surface area contributed by atoms with Gasteiger partial charge in [-0.05, 0) is 55.4 Å². The summed E-state index contributed by atoms with van der Waals surface area (Å²) in [6.07, 6.45) is 1.50. The van der Waals surface area contributed by atoms with Crippen molar-refractivity contribution in [2.45, 2.75) is 45.7 Å². The van der Waals surface area contributed by atoms with E-state index in [1.54, 1.807) is 5.01 Å². The van der Waals surface area contributed by atoms with Crippen molar-refractivity contribution in [3.8, 4) is 0 Å². The van der Waals surface area contributed by atoms with Gasteiger partial charge < -0.3 is 0 Å². The second kappa shape index (κ2) is 7.38. The first-order valence-corrected chi connectivity index (χ1v) is 10.5. The summed E-state index contributed by atoms with van der Waals surface area (Å²) in [5.41, 5.74) is 0.0194. The number of nitrogens with zero attached hydrogens (tertiary/aromatic N) is 2. The Morgan fingerprint density at radius 1 is 1.10 bits per heavy atom. The van der Waals surface area contributed by atoms with E-state index in [-0.39, 0.29) is 34.4 Å². The molecule has 1 heterocycles. The third-order valence-electron chi connectivity index (χ3n) is 7.35. The third kappa shape index (κ3) is 3.28. The van der Waals surface area contributed by atoms with E-state index >= 15 is 0 Å². The Labute approximate surface area is 185 Å². The smallest absolute Gasteiger partial charge is 0.268 e. The topological polar surface area (TPSA) is 23.6 Å². The molecule has 2 bridgehead atoms. The van der Waals surface area contributed by atoms with Crippen LogP contribution in [-0.2, 0) is 11.3 Å². The molecule has 0 radical (unpaired) electrons. The number of rotatable bonds is 3. The molecule has 1 aliphatic heterocycles. The molecule has 31 heavy (non-hydrogen) atoms. The highest BCUT2D eigenvalue weighted by Crippen LogP contribution is 2.58. The second-order valence-electron chi connectivity index (χ2n) is 9.12. The van der Waals surface area contributed by atoms with Crippen molar-refractivity contribution in [2.75, 3.05) is 5.01 Å². The van der Waals surface area contributed by atoms with Crippen LogP contribution in [0.4, 0.5) is 18.9 Å². The van der Waals surface area contributed by atoms with Gasteiger partial charge >= 0.3 is 0 Å². The number of carbonyl (C=O) groups is 1. The molecule has 164 valence electrons. The van der Waals surface area contributed by atoms with Crippen molar-refractivity contribution in [3.63, 3.8) is 0 Å². The highest BCUT2D eigenvalue weighted by atomic mass is 35.5. The normalized spacial score (nSPS) is 25.8. The summed E-state index contributed by atoms with van der Waals surface area (Å²) >= 11 is 6.35. The van der Waals surface area contributed by atoms with E-state index in [1.165, 1.54) is 29.3 Å². The van der Waals surface area contributed by atoms with Gasteiger partial charge in [-0.1, -0.05) is 38.1 Å². The molecule has 0 aromatic heterocycles. The molecule has 2 aliphatic rings. The predicted molar refractivity (Wildman–Crippen MR) is 115 cm³/mol. The van der Waals surface area contributed by atoms with Gasteiger partial charge in [0.05, 0.1) is 10.7 Å². The van der Waals surface area contributed by atoms with Crippen LogP contribution in [0.5, 0.6) is 0 Å². The molecule has 0 spiro atoms. The number of amides is 1. The monoisotopic (exact) mass is 448 g/mol. The zero-order chi connectivity index (χ0) is 22.7. The summed E-state index contributed by atoms with van der Waals surface area (Å²) in [5, 5.41) is 3.25. The summed E-state index contributed by atoms with van der Waals surface area (Å²) in [4.78, 5) is 13.6. The van der Waals surface area contributed by atoms with Crippen molar-refractivity contribution in [2.24, 2.45) is 11.3 Å². The third-order valence-corrected chi connectivity index (χ3v) is 7.65. The Morgan fingerprint density at radius 2 is 1.74 bits per heavy atom. The van der Waals surface area contributed by atoms with Gasteiger partial charge in [0.15, 0.2) is 0 Å². The fraction of sp³-hybridized carbons (Fsp3) is 0.375. The number of benzene rings is 2. The first-order chi connectivity index (χ1) is 14.5. The fourth-order valence-electron chi connectivity index (χ4n) is 5.12. The minimum absolute atomic E-state index is 0.00545. The highest BCUT2D eigenvalue weighted by molar-refractivity contribution is 6.34. The molecular formula is C24H24ClF3N2O. The first-order valence-electron chi connectivity index (χ1n) is 10.2. The van der Waals surface area contributed by atoms with Crippen molar-refractivity contribution in [1.29, 1.82) is 0 Å². The Kier molecular flexibility index (Phi) is 5.22. The summed E-state index contributed by atoms with van der Waals surface area (Å²) < 4.78 is 41.9. The quantitative estimate of drug-likeness (QED) is 0.516. The molecule has 0 unspecified atom stereocenters. The molecule has 1 amide bonds. The van der Waals surface area contributed by atoms with E-state index in [0.29, 0.717) is 11.3 Å². The van der Waals surface area contributed by atoms with E-state index in [9.17, 15) is 18.0 Å². The molecule has 1 aliphatic carbocycles. The van der Waals surface area contributed by atoms with Crippen LogP contribution in [-0.4, -0.2) is 16.5 Å². The van der Waals surface area contributed by atoms with Crippen LogP contribution in [0.1, 0.15) is 39.2 Å². The number of hydrazine groups is 1. The van der Waals surface area contributed by atoms with Crippen LogP contribution in [0.2, 0.25) is 5.02 Å². The Hall–Kier alpha value is -2.31. The number of carbonyl (C=O) groups excluding carboxylic acids is 1. The molecule has 1 saturated heterocycles. The highest BCUT2D eigenvalue weighted by Gasteiger charge is 2.60. The number of fused-ring (bicyclic) bond motifs is 2. The zero-order valence-corrected chi connectivity index (χ0v) is 18.4. The molecule has 7 heteroatoms. The van der Waals surface area contributed by atoms with Gasteiger partial charge in [-0.25, -0.2) is 23.2 Å². The molecule has 1 saturated carbocycles. The van der Waals surface area contributed by atoms with Crippen molar-refractivity contribution in [1.82, 2.24) is 5.01 Å². The lowest BCUT2D eigenvalue weighted by atomic mass is 9.69. The lowest BCUT2D eigenvalue weighted by Crippen LogP contribution is -2.60. The number of hydrogen-bond donors (Lipinski definition) is 0. The molecule has 2 aromatic rings. The van der Waals surface area contributed by atoms with E-state index in [4.69, 9.17) is 11.6 Å². The average Bonchev–Trinajstić information content (AvgIpc) is 2.91. The fourth-order valence-corrected chi connectivity index (χ4v) is 5.37. The maximum atomic E-state index is 14.6. The lowest BCUT2D eigenvalue weighted by molar-refractivity contribution is -0.120. The average molecular weight is 449 g/mol. The first kappa shape index (κ1) is 21.9. The van der Waals surface area contributed by atoms with Crippen LogP contribution in [0.15, 0.2) is 48.6 Å². The van der Waals surface area contributed by atoms with Gasteiger partial charge in [-0.3, -0.25) is 4.79 Å². The van der Waals surface area contributed by atoms with E-state index in [0.717, 1.165) is 25.0 Å². The largest absolute Gasteiger partial charge is 0.268 e. The van der Waals surface area contributed by atoms with Gasteiger partial charge in [-0.2, -0.15) is 0 Å². The maximum absolute atomic E-state index is 14.6. The van der Waals surface area contributed by atoms with E-state index in [2.05, 4.69) is 20.4 Å². The summed E-state index contributed by atoms with van der Waals surface area (Å²) in [6, 6.07) is 7.20. The van der Waals surface area contributed by atoms with Gasteiger partial charge in [0, 0.05) is 29.3 Å². The molecule has 2 fully saturated rings. The Bertz CT molecular complexity index is 1090. The predicted octanol–water partition coefficient (Wildman–Crippen LogP) is 6.27. The Morgan fingerprint density at radius 3 is 2.39 bits per heavy atom. The SMILES string of the molecule is C=C1C(=O)N(c2ccc(F)cc2Cl)N(Cc2ccc(F)cc2F)[C@@]2(C)CC[C@@H]1C2(C)C. The summed E-state index contributed by atoms with van der Waals surface area (Å²) in [7, 11) is 0. The minimum Gasteiger partial charge on any atom is -0.268 e. The maximum Gasteiger partial charge on any atom is 0.268 e. The lowest BCUT2D eigenvalue weighted by Gasteiger charge is -2.50. The van der Waals surface area contributed by atoms with E-state index < -0.39 is 23.0 Å². The zero-order valence-electron chi connectivity index (χ0n) is 17.7. The molecular weight excluding hydrogens is 425 g/mol. The van der Waals surface area contributed by atoms with Crippen LogP contribution in [0, 0.1) is 28.8 Å². The number of anilines is 1. The molecule has 2 aromatic carbocycles. The van der Waals surface area contributed by atoms with Crippen LogP contribution < -0.4 is 5.01 Å². The summed E-state index contributed by atoms with van der Waals surface area (Å²) in [5.74, 6) is -2.34. The van der Waals surface area contributed by atoms with Crippen LogP contribution in [0.25, 0.3) is 0 Å². The number of hydrogen-bond acceptors (Lipinski definition) is 2. The van der Waals surface area contributed by atoms with Gasteiger partial charge in [0.25, 0.3) is 5.91 Å². The molecule has 0 N–H and O–H groups in total. The minimum atomic E-state index is -0.698. The Balaban J connectivity index is 1.93. The van der Waals surface area contributed by atoms with Crippen LogP contribution >= 0.6 is 11.6 Å². The second-order valence-corrected chi connectivity index (χ2v) is 9.53. The van der Waals surface area contributed by atoms with Gasteiger partial charge in [-0.15, -0.1) is 0 Å². The standard InChI is InChI=1S/C24H24ClF3N2O/c1-14-18-9-10-24(4,23(18,2)3)29(13-15-5-6-17(27)12-20(15)28)30(22(14)31)21-8-7-16(26)11-19(21)25/h5-8,11-12,18H,1,9-10,13H2,2-4H3/t18-,24-/m0/s1. The van der Waals surface area contributed by atoms with Gasteiger partial charge in [0.1, 0.15) is 17.5 Å². The van der Waals surface area contributed by atoms with Crippen molar-refractivity contribution < 1.29 is 18.0 Å². The molecule has 3 nitrogen and oxygen atoms in total. The van der Waals surface area contributed by atoms with Crippen LogP contribution in [0.3, 0.4) is 0 Å². The summed E-state index contributed by atoms with van der Waals surface area (Å²) in [6.45, 7) is 10.3.